The largest absolute Gasteiger partial charge is 0.462 e. The van der Waals surface area contributed by atoms with Crippen molar-refractivity contribution in [2.24, 2.45) is 5.10 Å². The molecule has 1 amide bonds. The molecule has 0 bridgehead atoms. The lowest BCUT2D eigenvalue weighted by Crippen LogP contribution is -2.17. The summed E-state index contributed by atoms with van der Waals surface area (Å²) in [6.45, 7) is 2.00. The number of esters is 1. The van der Waals surface area contributed by atoms with Crippen LogP contribution < -0.4 is 11.2 Å². The predicted molar refractivity (Wildman–Crippen MR) is 93.9 cm³/mol. The van der Waals surface area contributed by atoms with Gasteiger partial charge in [0.2, 0.25) is 0 Å². The minimum absolute atomic E-state index is 0.279. The minimum atomic E-state index is -0.472. The summed E-state index contributed by atoms with van der Waals surface area (Å²) in [6, 6.07) is 8.47. The van der Waals surface area contributed by atoms with E-state index in [1.807, 2.05) is 0 Å². The molecule has 1 aromatic carbocycles. The zero-order valence-electron chi connectivity index (χ0n) is 12.2. The van der Waals surface area contributed by atoms with Crippen LogP contribution in [0, 0.1) is 0 Å². The van der Waals surface area contributed by atoms with Crippen LogP contribution in [-0.2, 0) is 4.74 Å². The van der Waals surface area contributed by atoms with Gasteiger partial charge in [-0.3, -0.25) is 4.79 Å². The molecule has 0 radical (unpaired) electrons. The highest BCUT2D eigenvalue weighted by atomic mass is 79.9. The Balaban J connectivity index is 2.00. The Morgan fingerprint density at radius 3 is 2.74 bits per heavy atom. The van der Waals surface area contributed by atoms with Gasteiger partial charge in [-0.25, -0.2) is 10.2 Å². The van der Waals surface area contributed by atoms with E-state index in [1.165, 1.54) is 17.6 Å². The summed E-state index contributed by atoms with van der Waals surface area (Å²) < 4.78 is 5.79. The van der Waals surface area contributed by atoms with Gasteiger partial charge in [-0.2, -0.15) is 5.10 Å². The number of hydrogen-bond donors (Lipinski definition) is 2. The van der Waals surface area contributed by atoms with Crippen LogP contribution in [0.2, 0.25) is 0 Å². The van der Waals surface area contributed by atoms with Gasteiger partial charge in [0.1, 0.15) is 5.00 Å². The number of benzene rings is 1. The average molecular weight is 396 g/mol. The highest BCUT2D eigenvalue weighted by Crippen LogP contribution is 2.24. The number of carbonyl (C=O) groups excluding carboxylic acids is 2. The fourth-order valence-electron chi connectivity index (χ4n) is 1.68. The number of nitrogen functional groups attached to an aromatic ring is 1. The highest BCUT2D eigenvalue weighted by molar-refractivity contribution is 9.10. The lowest BCUT2D eigenvalue weighted by Gasteiger charge is -1.99. The van der Waals surface area contributed by atoms with Gasteiger partial charge in [0, 0.05) is 10.0 Å². The van der Waals surface area contributed by atoms with Crippen LogP contribution in [0.15, 0.2) is 39.9 Å². The molecule has 0 aliphatic carbocycles. The number of halogens is 1. The van der Waals surface area contributed by atoms with Crippen molar-refractivity contribution < 1.29 is 14.3 Å². The summed E-state index contributed by atoms with van der Waals surface area (Å²) in [5.74, 6) is -0.802. The second-order valence-corrected chi connectivity index (χ2v) is 6.38. The molecule has 0 atom stereocenters. The van der Waals surface area contributed by atoms with Crippen LogP contribution in [0.5, 0.6) is 0 Å². The number of nitrogens with zero attached hydrogens (tertiary/aromatic N) is 1. The molecule has 0 saturated carbocycles. The standard InChI is InChI=1S/C15H14BrN3O3S/c1-2-22-15(21)12-7-11(23-13(12)17)8-18-19-14(20)9-3-5-10(16)6-4-9/h3-8H,2,17H2,1H3,(H,19,20)/b18-8-. The lowest BCUT2D eigenvalue weighted by molar-refractivity contribution is 0.0528. The van der Waals surface area contributed by atoms with Crippen LogP contribution >= 0.6 is 27.3 Å². The molecule has 1 heterocycles. The average Bonchev–Trinajstić information content (AvgIpc) is 2.89. The topological polar surface area (TPSA) is 93.8 Å². The number of nitrogens with two attached hydrogens (primary N) is 1. The quantitative estimate of drug-likeness (QED) is 0.462. The first-order chi connectivity index (χ1) is 11.0. The van der Waals surface area contributed by atoms with Crippen molar-refractivity contribution in [3.05, 3.63) is 50.8 Å². The fraction of sp³-hybridized carbons (Fsp3) is 0.133. The molecule has 1 aromatic heterocycles. The molecule has 0 aliphatic heterocycles. The maximum atomic E-state index is 11.9. The third-order valence-electron chi connectivity index (χ3n) is 2.74. The molecular weight excluding hydrogens is 382 g/mol. The van der Waals surface area contributed by atoms with E-state index in [0.29, 0.717) is 21.0 Å². The van der Waals surface area contributed by atoms with E-state index in [-0.39, 0.29) is 12.5 Å². The number of hydrazone groups is 1. The lowest BCUT2D eigenvalue weighted by atomic mass is 10.2. The molecule has 0 aliphatic rings. The first kappa shape index (κ1) is 17.2. The smallest absolute Gasteiger partial charge is 0.341 e. The zero-order chi connectivity index (χ0) is 16.8. The van der Waals surface area contributed by atoms with E-state index in [0.717, 1.165) is 4.47 Å². The van der Waals surface area contributed by atoms with E-state index in [9.17, 15) is 9.59 Å². The number of hydrogen-bond acceptors (Lipinski definition) is 6. The Labute approximate surface area is 145 Å². The molecule has 3 N–H and O–H groups in total. The Morgan fingerprint density at radius 1 is 1.39 bits per heavy atom. The molecule has 23 heavy (non-hydrogen) atoms. The number of ether oxygens (including phenoxy) is 1. The van der Waals surface area contributed by atoms with Crippen molar-refractivity contribution in [2.45, 2.75) is 6.92 Å². The van der Waals surface area contributed by atoms with E-state index in [2.05, 4.69) is 26.5 Å². The molecule has 0 saturated heterocycles. The van der Waals surface area contributed by atoms with Gasteiger partial charge in [-0.1, -0.05) is 15.9 Å². The third-order valence-corrected chi connectivity index (χ3v) is 4.17. The summed E-state index contributed by atoms with van der Waals surface area (Å²) in [4.78, 5) is 24.2. The van der Waals surface area contributed by atoms with Crippen LogP contribution in [0.3, 0.4) is 0 Å². The minimum Gasteiger partial charge on any atom is -0.462 e. The fourth-order valence-corrected chi connectivity index (χ4v) is 2.73. The summed E-state index contributed by atoms with van der Waals surface area (Å²) in [5, 5.41) is 4.22. The Kier molecular flexibility index (Phi) is 5.89. The van der Waals surface area contributed by atoms with Crippen molar-refractivity contribution in [1.82, 2.24) is 5.43 Å². The Bertz CT molecular complexity index is 741. The maximum absolute atomic E-state index is 11.9. The van der Waals surface area contributed by atoms with Gasteiger partial charge < -0.3 is 10.5 Å². The van der Waals surface area contributed by atoms with E-state index >= 15 is 0 Å². The molecule has 2 rings (SSSR count). The third kappa shape index (κ3) is 4.64. The molecule has 2 aromatic rings. The van der Waals surface area contributed by atoms with Crippen LogP contribution in [-0.4, -0.2) is 24.7 Å². The summed E-state index contributed by atoms with van der Waals surface area (Å²) in [6.07, 6.45) is 1.43. The van der Waals surface area contributed by atoms with Gasteiger partial charge >= 0.3 is 5.97 Å². The van der Waals surface area contributed by atoms with Crippen molar-refractivity contribution in [3.63, 3.8) is 0 Å². The molecular formula is C15H14BrN3O3S. The molecule has 120 valence electrons. The van der Waals surface area contributed by atoms with Gasteiger partial charge in [-0.15, -0.1) is 11.3 Å². The van der Waals surface area contributed by atoms with E-state index < -0.39 is 5.97 Å². The van der Waals surface area contributed by atoms with Crippen LogP contribution in [0.1, 0.15) is 32.5 Å². The summed E-state index contributed by atoms with van der Waals surface area (Å²) >= 11 is 4.49. The van der Waals surface area contributed by atoms with Gasteiger partial charge in [0.05, 0.1) is 23.3 Å². The second kappa shape index (κ2) is 7.89. The van der Waals surface area contributed by atoms with Crippen LogP contribution in [0.25, 0.3) is 0 Å². The number of nitrogens with one attached hydrogen (secondary N) is 1. The van der Waals surface area contributed by atoms with Gasteiger partial charge in [-0.05, 0) is 37.3 Å². The SMILES string of the molecule is CCOC(=O)c1cc(/C=N\NC(=O)c2ccc(Br)cc2)sc1N. The number of anilines is 1. The number of thiophene rings is 1. The summed E-state index contributed by atoms with van der Waals surface area (Å²) in [7, 11) is 0. The molecule has 6 nitrogen and oxygen atoms in total. The summed E-state index contributed by atoms with van der Waals surface area (Å²) in [5.41, 5.74) is 8.98. The molecule has 0 fully saturated rings. The van der Waals surface area contributed by atoms with Crippen molar-refractivity contribution >= 4 is 50.4 Å². The van der Waals surface area contributed by atoms with Crippen LogP contribution in [0.4, 0.5) is 5.00 Å². The second-order valence-electron chi connectivity index (χ2n) is 4.35. The number of amides is 1. The predicted octanol–water partition coefficient (Wildman–Crippen LogP) is 3.03. The van der Waals surface area contributed by atoms with E-state index in [4.69, 9.17) is 10.5 Å². The molecule has 0 spiro atoms. The zero-order valence-corrected chi connectivity index (χ0v) is 14.6. The van der Waals surface area contributed by atoms with Gasteiger partial charge in [0.15, 0.2) is 0 Å². The molecule has 0 unspecified atom stereocenters. The monoisotopic (exact) mass is 395 g/mol. The van der Waals surface area contributed by atoms with Crippen molar-refractivity contribution in [2.75, 3.05) is 12.3 Å². The van der Waals surface area contributed by atoms with Gasteiger partial charge in [0.25, 0.3) is 5.91 Å². The Morgan fingerprint density at radius 2 is 2.09 bits per heavy atom. The highest BCUT2D eigenvalue weighted by Gasteiger charge is 2.14. The maximum Gasteiger partial charge on any atom is 0.341 e. The first-order valence-electron chi connectivity index (χ1n) is 6.66. The number of carbonyl (C=O) groups is 2. The first-order valence-corrected chi connectivity index (χ1v) is 8.27. The van der Waals surface area contributed by atoms with Crippen molar-refractivity contribution in [3.8, 4) is 0 Å². The Hall–Kier alpha value is -2.19. The van der Waals surface area contributed by atoms with Crippen molar-refractivity contribution in [1.29, 1.82) is 0 Å². The molecule has 8 heteroatoms. The normalized spacial score (nSPS) is 10.7. The van der Waals surface area contributed by atoms with E-state index in [1.54, 1.807) is 37.3 Å². The number of rotatable bonds is 5.